The van der Waals surface area contributed by atoms with Crippen LogP contribution in [0.2, 0.25) is 0 Å². The molecular formula is C24H30N2O3. The topological polar surface area (TPSA) is 42.0 Å². The third kappa shape index (κ3) is 5.53. The minimum atomic E-state index is 0.0409. The Balaban J connectivity index is 1.57. The molecular weight excluding hydrogens is 364 g/mol. The van der Waals surface area contributed by atoms with E-state index in [4.69, 9.17) is 9.47 Å². The van der Waals surface area contributed by atoms with Crippen LogP contribution in [0.4, 0.5) is 5.69 Å². The predicted octanol–water partition coefficient (Wildman–Crippen LogP) is 4.15. The smallest absolute Gasteiger partial charge is 0.246 e. The summed E-state index contributed by atoms with van der Waals surface area (Å²) < 4.78 is 11.1. The maximum atomic E-state index is 12.6. The number of benzene rings is 2. The van der Waals surface area contributed by atoms with Gasteiger partial charge in [-0.15, -0.1) is 0 Å². The van der Waals surface area contributed by atoms with Crippen LogP contribution in [-0.4, -0.2) is 50.7 Å². The highest BCUT2D eigenvalue weighted by Crippen LogP contribution is 2.28. The lowest BCUT2D eigenvalue weighted by Gasteiger charge is -2.35. The number of nitrogens with zero attached hydrogens (tertiary/aromatic N) is 2. The van der Waals surface area contributed by atoms with E-state index in [0.29, 0.717) is 12.4 Å². The van der Waals surface area contributed by atoms with Gasteiger partial charge in [0.15, 0.2) is 11.5 Å². The highest BCUT2D eigenvalue weighted by atomic mass is 16.5. The molecule has 1 amide bonds. The Hall–Kier alpha value is -2.95. The van der Waals surface area contributed by atoms with Crippen LogP contribution in [0.5, 0.6) is 11.5 Å². The second-order valence-corrected chi connectivity index (χ2v) is 7.24. The first-order valence-electron chi connectivity index (χ1n) is 10.2. The molecule has 0 bridgehead atoms. The quantitative estimate of drug-likeness (QED) is 0.662. The predicted molar refractivity (Wildman–Crippen MR) is 118 cm³/mol. The summed E-state index contributed by atoms with van der Waals surface area (Å²) in [5, 5.41) is 0. The maximum absolute atomic E-state index is 12.6. The standard InChI is InChI=1S/C24H30N2O3/c1-4-16-29-22-10-8-20(18-23(22)28-3)9-11-24(27)26-14-12-25(13-15-26)21-7-5-6-19(2)17-21/h5-11,17-18H,4,12-16H2,1-3H3/b11-9+. The summed E-state index contributed by atoms with van der Waals surface area (Å²) >= 11 is 0. The fourth-order valence-electron chi connectivity index (χ4n) is 3.40. The minimum Gasteiger partial charge on any atom is -0.493 e. The third-order valence-corrected chi connectivity index (χ3v) is 5.03. The summed E-state index contributed by atoms with van der Waals surface area (Å²) in [6.45, 7) is 7.97. The molecule has 2 aromatic rings. The third-order valence-electron chi connectivity index (χ3n) is 5.03. The van der Waals surface area contributed by atoms with Crippen LogP contribution in [0, 0.1) is 6.92 Å². The van der Waals surface area contributed by atoms with Gasteiger partial charge in [-0.1, -0.05) is 25.1 Å². The molecule has 154 valence electrons. The van der Waals surface area contributed by atoms with Crippen LogP contribution < -0.4 is 14.4 Å². The zero-order valence-corrected chi connectivity index (χ0v) is 17.6. The van der Waals surface area contributed by atoms with Crippen molar-refractivity contribution in [3.63, 3.8) is 0 Å². The lowest BCUT2D eigenvalue weighted by atomic mass is 10.1. The van der Waals surface area contributed by atoms with E-state index in [1.54, 1.807) is 13.2 Å². The zero-order chi connectivity index (χ0) is 20.6. The lowest BCUT2D eigenvalue weighted by molar-refractivity contribution is -0.126. The van der Waals surface area contributed by atoms with Gasteiger partial charge in [0, 0.05) is 37.9 Å². The highest BCUT2D eigenvalue weighted by Gasteiger charge is 2.19. The molecule has 1 fully saturated rings. The van der Waals surface area contributed by atoms with Gasteiger partial charge in [-0.25, -0.2) is 0 Å². The molecule has 5 heteroatoms. The maximum Gasteiger partial charge on any atom is 0.246 e. The molecule has 1 saturated heterocycles. The Kier molecular flexibility index (Phi) is 7.17. The Morgan fingerprint density at radius 2 is 1.86 bits per heavy atom. The van der Waals surface area contributed by atoms with Gasteiger partial charge in [-0.2, -0.15) is 0 Å². The molecule has 0 aliphatic carbocycles. The van der Waals surface area contributed by atoms with Crippen LogP contribution in [0.1, 0.15) is 24.5 Å². The van der Waals surface area contributed by atoms with Gasteiger partial charge in [0.1, 0.15) is 0 Å². The van der Waals surface area contributed by atoms with E-state index in [0.717, 1.165) is 43.9 Å². The van der Waals surface area contributed by atoms with Crippen LogP contribution in [0.15, 0.2) is 48.5 Å². The van der Waals surface area contributed by atoms with E-state index in [1.807, 2.05) is 29.2 Å². The van der Waals surface area contributed by atoms with E-state index < -0.39 is 0 Å². The molecule has 3 rings (SSSR count). The van der Waals surface area contributed by atoms with Crippen LogP contribution >= 0.6 is 0 Å². The molecule has 0 radical (unpaired) electrons. The Bertz CT molecular complexity index is 855. The van der Waals surface area contributed by atoms with E-state index >= 15 is 0 Å². The van der Waals surface area contributed by atoms with Gasteiger partial charge in [-0.05, 0) is 54.8 Å². The second-order valence-electron chi connectivity index (χ2n) is 7.24. The molecule has 1 aliphatic heterocycles. The first-order valence-corrected chi connectivity index (χ1v) is 10.2. The van der Waals surface area contributed by atoms with E-state index in [2.05, 4.69) is 43.0 Å². The number of carbonyl (C=O) groups is 1. The van der Waals surface area contributed by atoms with Gasteiger partial charge in [0.2, 0.25) is 5.91 Å². The van der Waals surface area contributed by atoms with Crippen molar-refractivity contribution in [3.05, 3.63) is 59.7 Å². The summed E-state index contributed by atoms with van der Waals surface area (Å²) in [6, 6.07) is 14.2. The monoisotopic (exact) mass is 394 g/mol. The minimum absolute atomic E-state index is 0.0409. The molecule has 0 saturated carbocycles. The Morgan fingerprint density at radius 1 is 1.07 bits per heavy atom. The lowest BCUT2D eigenvalue weighted by Crippen LogP contribution is -2.48. The highest BCUT2D eigenvalue weighted by molar-refractivity contribution is 5.92. The molecule has 5 nitrogen and oxygen atoms in total. The molecule has 0 unspecified atom stereocenters. The molecule has 29 heavy (non-hydrogen) atoms. The number of methoxy groups -OCH3 is 1. The van der Waals surface area contributed by atoms with Crippen molar-refractivity contribution in [3.8, 4) is 11.5 Å². The van der Waals surface area contributed by atoms with Gasteiger partial charge in [0.25, 0.3) is 0 Å². The van der Waals surface area contributed by atoms with Crippen LogP contribution in [0.25, 0.3) is 6.08 Å². The van der Waals surface area contributed by atoms with Crippen molar-refractivity contribution in [2.45, 2.75) is 20.3 Å². The fraction of sp³-hybridized carbons (Fsp3) is 0.375. The number of hydrogen-bond donors (Lipinski definition) is 0. The molecule has 0 atom stereocenters. The number of anilines is 1. The summed E-state index contributed by atoms with van der Waals surface area (Å²) in [5.41, 5.74) is 3.40. The number of carbonyl (C=O) groups excluding carboxylic acids is 1. The van der Waals surface area contributed by atoms with Gasteiger partial charge >= 0.3 is 0 Å². The van der Waals surface area contributed by atoms with Gasteiger partial charge in [-0.3, -0.25) is 4.79 Å². The van der Waals surface area contributed by atoms with E-state index in [1.165, 1.54) is 11.3 Å². The average Bonchev–Trinajstić information content (AvgIpc) is 2.76. The van der Waals surface area contributed by atoms with Crippen molar-refractivity contribution < 1.29 is 14.3 Å². The summed E-state index contributed by atoms with van der Waals surface area (Å²) in [4.78, 5) is 16.8. The summed E-state index contributed by atoms with van der Waals surface area (Å²) in [6.07, 6.45) is 4.42. The van der Waals surface area contributed by atoms with E-state index in [-0.39, 0.29) is 5.91 Å². The van der Waals surface area contributed by atoms with Crippen molar-refractivity contribution in [2.24, 2.45) is 0 Å². The molecule has 0 spiro atoms. The van der Waals surface area contributed by atoms with Gasteiger partial charge < -0.3 is 19.3 Å². The Labute approximate surface area is 173 Å². The first-order chi connectivity index (χ1) is 14.1. The van der Waals surface area contributed by atoms with E-state index in [9.17, 15) is 4.79 Å². The molecule has 0 aromatic heterocycles. The largest absolute Gasteiger partial charge is 0.493 e. The Morgan fingerprint density at radius 3 is 2.55 bits per heavy atom. The van der Waals surface area contributed by atoms with Crippen LogP contribution in [-0.2, 0) is 4.79 Å². The van der Waals surface area contributed by atoms with Crippen molar-refractivity contribution in [1.29, 1.82) is 0 Å². The molecule has 0 N–H and O–H groups in total. The van der Waals surface area contributed by atoms with Crippen molar-refractivity contribution in [1.82, 2.24) is 4.90 Å². The number of rotatable bonds is 7. The fourth-order valence-corrected chi connectivity index (χ4v) is 3.40. The van der Waals surface area contributed by atoms with Crippen molar-refractivity contribution >= 4 is 17.7 Å². The number of ether oxygens (including phenoxy) is 2. The van der Waals surface area contributed by atoms with Crippen molar-refractivity contribution in [2.75, 3.05) is 44.8 Å². The number of aryl methyl sites for hydroxylation is 1. The van der Waals surface area contributed by atoms with Gasteiger partial charge in [0.05, 0.1) is 13.7 Å². The zero-order valence-electron chi connectivity index (χ0n) is 17.6. The summed E-state index contributed by atoms with van der Waals surface area (Å²) in [5.74, 6) is 1.45. The SMILES string of the molecule is CCCOc1ccc(/C=C/C(=O)N2CCN(c3cccc(C)c3)CC2)cc1OC. The normalized spacial score (nSPS) is 14.3. The number of piperazine rings is 1. The summed E-state index contributed by atoms with van der Waals surface area (Å²) in [7, 11) is 1.63. The number of amides is 1. The van der Waals surface area contributed by atoms with Crippen LogP contribution in [0.3, 0.4) is 0 Å². The first kappa shape index (κ1) is 20.8. The number of hydrogen-bond acceptors (Lipinski definition) is 4. The second kappa shape index (κ2) is 10.0. The average molecular weight is 395 g/mol. The molecule has 2 aromatic carbocycles. The molecule has 1 heterocycles. The molecule has 1 aliphatic rings.